The van der Waals surface area contributed by atoms with E-state index in [1.165, 1.54) is 0 Å². The van der Waals surface area contributed by atoms with Gasteiger partial charge in [0.2, 0.25) is 0 Å². The summed E-state index contributed by atoms with van der Waals surface area (Å²) in [5.74, 6) is 0.422. The minimum atomic E-state index is 0.133. The van der Waals surface area contributed by atoms with E-state index in [9.17, 15) is 0 Å². The lowest BCUT2D eigenvalue weighted by Crippen LogP contribution is -2.38. The van der Waals surface area contributed by atoms with Crippen LogP contribution in [0.3, 0.4) is 0 Å². The van der Waals surface area contributed by atoms with Crippen molar-refractivity contribution in [2.45, 2.75) is 32.9 Å². The highest BCUT2D eigenvalue weighted by molar-refractivity contribution is 5.03. The Morgan fingerprint density at radius 2 is 2.21 bits per heavy atom. The number of rotatable bonds is 5. The van der Waals surface area contributed by atoms with E-state index in [4.69, 9.17) is 5.11 Å². The zero-order valence-electron chi connectivity index (χ0n) is 8.99. The molecule has 2 atom stereocenters. The minimum Gasteiger partial charge on any atom is -0.395 e. The topological polar surface area (TPSA) is 60.9 Å². The second-order valence-corrected chi connectivity index (χ2v) is 3.93. The summed E-state index contributed by atoms with van der Waals surface area (Å²) in [5.41, 5.74) is 1.05. The van der Waals surface area contributed by atoms with E-state index >= 15 is 0 Å². The first-order valence-electron chi connectivity index (χ1n) is 5.01. The molecule has 1 heterocycles. The van der Waals surface area contributed by atoms with Crippen molar-refractivity contribution in [1.29, 1.82) is 0 Å². The zero-order chi connectivity index (χ0) is 10.6. The van der Waals surface area contributed by atoms with Crippen molar-refractivity contribution in [3.63, 3.8) is 0 Å². The molecule has 4 heteroatoms. The first kappa shape index (κ1) is 11.2. The molecule has 0 bridgehead atoms. The fourth-order valence-corrected chi connectivity index (χ4v) is 1.37. The Kier molecular flexibility index (Phi) is 4.10. The summed E-state index contributed by atoms with van der Waals surface area (Å²) in [7, 11) is 0. The molecule has 1 rings (SSSR count). The van der Waals surface area contributed by atoms with Gasteiger partial charge in [0.15, 0.2) is 0 Å². The van der Waals surface area contributed by atoms with E-state index in [0.717, 1.165) is 5.69 Å². The van der Waals surface area contributed by atoms with Gasteiger partial charge in [-0.2, -0.15) is 5.10 Å². The van der Waals surface area contributed by atoms with E-state index in [1.54, 1.807) is 6.20 Å². The van der Waals surface area contributed by atoms with Crippen molar-refractivity contribution in [3.8, 4) is 0 Å². The summed E-state index contributed by atoms with van der Waals surface area (Å²) >= 11 is 0. The third kappa shape index (κ3) is 2.82. The molecule has 0 aliphatic rings. The average molecular weight is 197 g/mol. The summed E-state index contributed by atoms with van der Waals surface area (Å²) in [6.45, 7) is 6.40. The Bertz CT molecular complexity index is 246. The summed E-state index contributed by atoms with van der Waals surface area (Å²) in [5, 5.41) is 19.3. The van der Waals surface area contributed by atoms with Crippen LogP contribution in [0.1, 0.15) is 32.5 Å². The lowest BCUT2D eigenvalue weighted by atomic mass is 10.0. The van der Waals surface area contributed by atoms with Crippen molar-refractivity contribution in [3.05, 3.63) is 18.0 Å². The smallest absolute Gasteiger partial charge is 0.0587 e. The summed E-state index contributed by atoms with van der Waals surface area (Å²) in [6, 6.07) is 2.26. The van der Waals surface area contributed by atoms with Gasteiger partial charge in [-0.25, -0.2) is 0 Å². The number of nitrogens with zero attached hydrogens (tertiary/aromatic N) is 1. The molecule has 0 aromatic carbocycles. The van der Waals surface area contributed by atoms with Crippen LogP contribution in [0.4, 0.5) is 0 Å². The van der Waals surface area contributed by atoms with Crippen molar-refractivity contribution < 1.29 is 5.11 Å². The normalized spacial score (nSPS) is 15.8. The van der Waals surface area contributed by atoms with E-state index in [0.29, 0.717) is 5.92 Å². The van der Waals surface area contributed by atoms with Crippen molar-refractivity contribution in [2.24, 2.45) is 5.92 Å². The van der Waals surface area contributed by atoms with Crippen LogP contribution < -0.4 is 5.32 Å². The Hall–Kier alpha value is -0.870. The van der Waals surface area contributed by atoms with E-state index in [2.05, 4.69) is 36.3 Å². The second-order valence-electron chi connectivity index (χ2n) is 3.93. The standard InChI is InChI=1S/C10H19N3O/c1-7(2)10(6-14)12-8(3)9-4-5-11-13-9/h4-5,7-8,10,12,14H,6H2,1-3H3,(H,11,13)/t8?,10-/m1/s1. The predicted octanol–water partition coefficient (Wildman–Crippen LogP) is 1.08. The van der Waals surface area contributed by atoms with Crippen molar-refractivity contribution in [2.75, 3.05) is 6.61 Å². The number of hydrogen-bond acceptors (Lipinski definition) is 3. The molecule has 0 saturated carbocycles. The Morgan fingerprint density at radius 1 is 1.50 bits per heavy atom. The summed E-state index contributed by atoms with van der Waals surface area (Å²) < 4.78 is 0. The Labute approximate surface area is 84.7 Å². The van der Waals surface area contributed by atoms with Gasteiger partial charge >= 0.3 is 0 Å². The van der Waals surface area contributed by atoms with Crippen molar-refractivity contribution >= 4 is 0 Å². The van der Waals surface area contributed by atoms with Gasteiger partial charge in [0, 0.05) is 18.3 Å². The van der Waals surface area contributed by atoms with E-state index < -0.39 is 0 Å². The maximum absolute atomic E-state index is 9.15. The highest BCUT2D eigenvalue weighted by atomic mass is 16.3. The van der Waals surface area contributed by atoms with Gasteiger partial charge in [0.1, 0.15) is 0 Å². The molecule has 0 saturated heterocycles. The molecule has 0 radical (unpaired) electrons. The Morgan fingerprint density at radius 3 is 2.64 bits per heavy atom. The van der Waals surface area contributed by atoms with Crippen LogP contribution in [0.2, 0.25) is 0 Å². The van der Waals surface area contributed by atoms with Gasteiger partial charge in [-0.1, -0.05) is 13.8 Å². The van der Waals surface area contributed by atoms with E-state index in [1.807, 2.05) is 6.07 Å². The first-order valence-corrected chi connectivity index (χ1v) is 5.01. The van der Waals surface area contributed by atoms with Crippen LogP contribution in [-0.2, 0) is 0 Å². The maximum Gasteiger partial charge on any atom is 0.0587 e. The van der Waals surface area contributed by atoms with Crippen LogP contribution in [0, 0.1) is 5.92 Å². The van der Waals surface area contributed by atoms with E-state index in [-0.39, 0.29) is 18.7 Å². The average Bonchev–Trinajstić information content (AvgIpc) is 2.65. The number of aliphatic hydroxyl groups excluding tert-OH is 1. The van der Waals surface area contributed by atoms with Gasteiger partial charge < -0.3 is 10.4 Å². The van der Waals surface area contributed by atoms with Crippen LogP contribution in [0.5, 0.6) is 0 Å². The fourth-order valence-electron chi connectivity index (χ4n) is 1.37. The summed E-state index contributed by atoms with van der Waals surface area (Å²) in [6.07, 6.45) is 1.73. The zero-order valence-corrected chi connectivity index (χ0v) is 8.99. The van der Waals surface area contributed by atoms with Gasteiger partial charge in [0.25, 0.3) is 0 Å². The molecule has 1 aromatic heterocycles. The molecule has 0 spiro atoms. The first-order chi connectivity index (χ1) is 6.65. The summed E-state index contributed by atoms with van der Waals surface area (Å²) in [4.78, 5) is 0. The number of hydrogen-bond donors (Lipinski definition) is 3. The fraction of sp³-hybridized carbons (Fsp3) is 0.700. The van der Waals surface area contributed by atoms with Crippen molar-refractivity contribution in [1.82, 2.24) is 15.5 Å². The maximum atomic E-state index is 9.15. The number of H-pyrrole nitrogens is 1. The number of aromatic nitrogens is 2. The van der Waals surface area contributed by atoms with Crippen LogP contribution in [-0.4, -0.2) is 28.0 Å². The highest BCUT2D eigenvalue weighted by Gasteiger charge is 2.16. The quantitative estimate of drug-likeness (QED) is 0.662. The lowest BCUT2D eigenvalue weighted by Gasteiger charge is -2.23. The largest absolute Gasteiger partial charge is 0.395 e. The third-order valence-electron chi connectivity index (χ3n) is 2.45. The molecule has 1 aromatic rings. The molecule has 0 amide bonds. The van der Waals surface area contributed by atoms with Crippen LogP contribution >= 0.6 is 0 Å². The van der Waals surface area contributed by atoms with Gasteiger partial charge in [0.05, 0.1) is 12.3 Å². The molecule has 0 fully saturated rings. The van der Waals surface area contributed by atoms with Gasteiger partial charge in [-0.05, 0) is 18.9 Å². The minimum absolute atomic E-state index is 0.133. The molecule has 3 N–H and O–H groups in total. The molecule has 4 nitrogen and oxygen atoms in total. The molecule has 14 heavy (non-hydrogen) atoms. The lowest BCUT2D eigenvalue weighted by molar-refractivity contribution is 0.201. The highest BCUT2D eigenvalue weighted by Crippen LogP contribution is 2.11. The SMILES string of the molecule is CC(N[C@H](CO)C(C)C)c1ccn[nH]1. The second kappa shape index (κ2) is 5.12. The molecule has 0 aliphatic carbocycles. The van der Waals surface area contributed by atoms with Gasteiger partial charge in [-0.3, -0.25) is 5.10 Å². The monoisotopic (exact) mass is 197 g/mol. The van der Waals surface area contributed by atoms with Crippen LogP contribution in [0.25, 0.3) is 0 Å². The Balaban J connectivity index is 2.51. The molecule has 1 unspecified atom stereocenters. The predicted molar refractivity (Wildman–Crippen MR) is 55.9 cm³/mol. The molecule has 80 valence electrons. The number of aromatic amines is 1. The number of aliphatic hydroxyl groups is 1. The molecule has 0 aliphatic heterocycles. The van der Waals surface area contributed by atoms with Gasteiger partial charge in [-0.15, -0.1) is 0 Å². The molecular weight excluding hydrogens is 178 g/mol. The number of nitrogens with one attached hydrogen (secondary N) is 2. The van der Waals surface area contributed by atoms with Crippen LogP contribution in [0.15, 0.2) is 12.3 Å². The third-order valence-corrected chi connectivity index (χ3v) is 2.45. The molecular formula is C10H19N3O.